The van der Waals surface area contributed by atoms with Crippen LogP contribution in [0.25, 0.3) is 0 Å². The van der Waals surface area contributed by atoms with Gasteiger partial charge in [0.05, 0.1) is 19.3 Å². The number of amides is 2. The molecule has 1 fully saturated rings. The van der Waals surface area contributed by atoms with Crippen LogP contribution in [0.3, 0.4) is 0 Å². The topological polar surface area (TPSA) is 99.2 Å². The Morgan fingerprint density at radius 3 is 2.55 bits per heavy atom. The fourth-order valence-electron chi connectivity index (χ4n) is 6.17. The van der Waals surface area contributed by atoms with E-state index in [0.29, 0.717) is 16.9 Å². The van der Waals surface area contributed by atoms with Crippen molar-refractivity contribution in [3.05, 3.63) is 59.7 Å². The molecule has 2 aromatic rings. The van der Waals surface area contributed by atoms with Crippen molar-refractivity contribution in [2.45, 2.75) is 17.6 Å². The number of anilines is 2. The van der Waals surface area contributed by atoms with E-state index in [-0.39, 0.29) is 25.1 Å². The number of hydrogen-bond donors (Lipinski definition) is 2. The van der Waals surface area contributed by atoms with Crippen molar-refractivity contribution in [2.24, 2.45) is 5.41 Å². The van der Waals surface area contributed by atoms with Crippen LogP contribution in [-0.4, -0.2) is 55.0 Å². The van der Waals surface area contributed by atoms with E-state index in [2.05, 4.69) is 11.2 Å². The summed E-state index contributed by atoms with van der Waals surface area (Å²) in [5.74, 6) is 0.359. The van der Waals surface area contributed by atoms with Gasteiger partial charge in [0, 0.05) is 23.4 Å². The van der Waals surface area contributed by atoms with Crippen LogP contribution in [0.15, 0.2) is 48.5 Å². The Balaban J connectivity index is 1.90. The minimum absolute atomic E-state index is 0.0123. The summed E-state index contributed by atoms with van der Waals surface area (Å²) >= 11 is 0. The molecule has 3 heterocycles. The highest BCUT2D eigenvalue weighted by molar-refractivity contribution is 6.15. The third-order valence-electron chi connectivity index (χ3n) is 7.45. The molecule has 33 heavy (non-hydrogen) atoms. The number of benzene rings is 2. The second-order valence-electron chi connectivity index (χ2n) is 8.60. The second-order valence-corrected chi connectivity index (χ2v) is 8.60. The lowest BCUT2D eigenvalue weighted by Crippen LogP contribution is -2.68. The molecule has 8 nitrogen and oxygen atoms in total. The first kappa shape index (κ1) is 21.2. The fraction of sp³-hybridized carbons (Fsp3) is 0.320. The number of methoxy groups -OCH3 is 1. The van der Waals surface area contributed by atoms with E-state index >= 15 is 0 Å². The smallest absolute Gasteiger partial charge is 0.318 e. The number of nitrogens with one attached hydrogen (secondary N) is 1. The van der Waals surface area contributed by atoms with E-state index in [0.717, 1.165) is 0 Å². The molecular formula is C25H23N3O5. The number of nitrogens with zero attached hydrogens (tertiary/aromatic N) is 2. The van der Waals surface area contributed by atoms with Crippen molar-refractivity contribution in [3.8, 4) is 12.3 Å². The molecule has 1 spiro atoms. The number of carbonyl (C=O) groups excluding carboxylic acids is 3. The van der Waals surface area contributed by atoms with Gasteiger partial charge in [-0.2, -0.15) is 0 Å². The van der Waals surface area contributed by atoms with E-state index in [4.69, 9.17) is 11.2 Å². The lowest BCUT2D eigenvalue weighted by atomic mass is 9.56. The van der Waals surface area contributed by atoms with Crippen molar-refractivity contribution in [1.29, 1.82) is 0 Å². The lowest BCUT2D eigenvalue weighted by molar-refractivity contribution is -0.195. The van der Waals surface area contributed by atoms with Crippen molar-refractivity contribution in [2.75, 3.05) is 37.5 Å². The largest absolute Gasteiger partial charge is 0.468 e. The first-order valence-corrected chi connectivity index (χ1v) is 10.6. The molecule has 2 aromatic carbocycles. The summed E-state index contributed by atoms with van der Waals surface area (Å²) < 4.78 is 5.26. The third kappa shape index (κ3) is 2.16. The Hall–Kier alpha value is -3.67. The zero-order chi connectivity index (χ0) is 23.6. The molecule has 3 aliphatic heterocycles. The lowest BCUT2D eigenvalue weighted by Gasteiger charge is -2.49. The van der Waals surface area contributed by atoms with Crippen LogP contribution in [0, 0.1) is 17.8 Å². The van der Waals surface area contributed by atoms with Crippen LogP contribution < -0.4 is 10.2 Å². The normalized spacial score (nSPS) is 30.2. The van der Waals surface area contributed by atoms with Gasteiger partial charge < -0.3 is 15.2 Å². The quantitative estimate of drug-likeness (QED) is 0.544. The van der Waals surface area contributed by atoms with E-state index in [1.807, 2.05) is 0 Å². The average Bonchev–Trinajstić information content (AvgIpc) is 3.39. The summed E-state index contributed by atoms with van der Waals surface area (Å²) in [6.45, 7) is 0.171. The van der Waals surface area contributed by atoms with Crippen molar-refractivity contribution < 1.29 is 24.2 Å². The Bertz CT molecular complexity index is 1250. The molecule has 0 radical (unpaired) electrons. The number of carbonyl (C=O) groups is 3. The van der Waals surface area contributed by atoms with Crippen LogP contribution >= 0.6 is 0 Å². The van der Waals surface area contributed by atoms with Gasteiger partial charge in [-0.1, -0.05) is 42.3 Å². The minimum atomic E-state index is -2.40. The number of rotatable bonds is 3. The average molecular weight is 445 g/mol. The monoisotopic (exact) mass is 445 g/mol. The Labute approximate surface area is 191 Å². The Morgan fingerprint density at radius 2 is 1.85 bits per heavy atom. The van der Waals surface area contributed by atoms with Gasteiger partial charge in [0.15, 0.2) is 5.60 Å². The predicted molar refractivity (Wildman–Crippen MR) is 120 cm³/mol. The van der Waals surface area contributed by atoms with E-state index in [9.17, 15) is 19.5 Å². The van der Waals surface area contributed by atoms with Gasteiger partial charge in [0.1, 0.15) is 11.0 Å². The summed E-state index contributed by atoms with van der Waals surface area (Å²) in [5.41, 5.74) is -4.39. The summed E-state index contributed by atoms with van der Waals surface area (Å²) in [5, 5.41) is 15.3. The van der Waals surface area contributed by atoms with Gasteiger partial charge in [-0.3, -0.25) is 24.2 Å². The van der Waals surface area contributed by atoms with Crippen molar-refractivity contribution in [3.63, 3.8) is 0 Å². The van der Waals surface area contributed by atoms with Gasteiger partial charge in [-0.25, -0.2) is 0 Å². The van der Waals surface area contributed by atoms with Crippen molar-refractivity contribution in [1.82, 2.24) is 4.90 Å². The number of aliphatic hydroxyl groups is 1. The minimum Gasteiger partial charge on any atom is -0.468 e. The van der Waals surface area contributed by atoms with E-state index < -0.39 is 34.3 Å². The molecule has 1 saturated heterocycles. The summed E-state index contributed by atoms with van der Waals surface area (Å²) in [4.78, 5) is 44.6. The van der Waals surface area contributed by atoms with Gasteiger partial charge in [-0.05, 0) is 25.6 Å². The predicted octanol–water partition coefficient (Wildman–Crippen LogP) is 1.20. The number of likely N-dealkylation sites (tertiary alicyclic amines) is 1. The first-order valence-electron chi connectivity index (χ1n) is 10.6. The fourth-order valence-corrected chi connectivity index (χ4v) is 6.17. The SMILES string of the molecule is C#CCN1C(=O)C(O)(C2(C(=O)OC)CCN(C)C23C(=O)Nc2ccccc23)c2ccccc21. The molecule has 0 aliphatic carbocycles. The van der Waals surface area contributed by atoms with Gasteiger partial charge >= 0.3 is 5.97 Å². The van der Waals surface area contributed by atoms with Gasteiger partial charge in [0.2, 0.25) is 0 Å². The van der Waals surface area contributed by atoms with Crippen LogP contribution in [0.1, 0.15) is 17.5 Å². The molecule has 3 unspecified atom stereocenters. The zero-order valence-corrected chi connectivity index (χ0v) is 18.3. The number of ether oxygens (including phenoxy) is 1. The number of terminal acetylenes is 1. The number of likely N-dealkylation sites (N-methyl/N-ethyl adjacent to an activating group) is 1. The summed E-state index contributed by atoms with van der Waals surface area (Å²) in [7, 11) is 2.91. The Kier molecular flexibility index (Phi) is 4.44. The van der Waals surface area contributed by atoms with E-state index in [1.54, 1.807) is 60.5 Å². The first-order chi connectivity index (χ1) is 15.8. The molecule has 5 rings (SSSR count). The molecule has 3 atom stereocenters. The number of hydrogen-bond acceptors (Lipinski definition) is 6. The highest BCUT2D eigenvalue weighted by Gasteiger charge is 2.81. The molecular weight excluding hydrogens is 422 g/mol. The molecule has 0 aromatic heterocycles. The highest BCUT2D eigenvalue weighted by atomic mass is 16.5. The molecule has 2 N–H and O–H groups in total. The molecule has 168 valence electrons. The molecule has 3 aliphatic rings. The molecule has 0 saturated carbocycles. The highest BCUT2D eigenvalue weighted by Crippen LogP contribution is 2.66. The number of para-hydroxylation sites is 2. The van der Waals surface area contributed by atoms with Gasteiger partial charge in [-0.15, -0.1) is 6.42 Å². The maximum absolute atomic E-state index is 14.0. The number of esters is 1. The van der Waals surface area contributed by atoms with Crippen LogP contribution in [0.4, 0.5) is 11.4 Å². The standard InChI is InChI=1S/C25H23N3O5/c1-4-14-28-19-12-8-6-10-17(19)25(32,21(28)30)23(22(31)33-3)13-15-27(2)24(23)16-9-5-7-11-18(16)26-20(24)29/h1,5-12,32H,13-15H2,2-3H3,(H,26,29). The second kappa shape index (κ2) is 6.91. The van der Waals surface area contributed by atoms with Crippen molar-refractivity contribution >= 4 is 29.2 Å². The molecule has 0 bridgehead atoms. The summed E-state index contributed by atoms with van der Waals surface area (Å²) in [6, 6.07) is 13.7. The number of fused-ring (bicyclic) bond motifs is 3. The maximum atomic E-state index is 14.0. The molecule has 8 heteroatoms. The summed E-state index contributed by atoms with van der Waals surface area (Å²) in [6.07, 6.45) is 5.53. The van der Waals surface area contributed by atoms with E-state index in [1.165, 1.54) is 12.0 Å². The van der Waals surface area contributed by atoms with Crippen LogP contribution in [0.5, 0.6) is 0 Å². The maximum Gasteiger partial charge on any atom is 0.318 e. The molecule has 2 amide bonds. The third-order valence-corrected chi connectivity index (χ3v) is 7.45. The zero-order valence-electron chi connectivity index (χ0n) is 18.3. The Morgan fingerprint density at radius 1 is 1.18 bits per heavy atom. The van der Waals surface area contributed by atoms with Gasteiger partial charge in [0.25, 0.3) is 11.8 Å². The van der Waals surface area contributed by atoms with Crippen LogP contribution in [-0.2, 0) is 30.3 Å². The van der Waals surface area contributed by atoms with Crippen LogP contribution in [0.2, 0.25) is 0 Å².